The molecule has 0 aliphatic carbocycles. The quantitative estimate of drug-likeness (QED) is 0.143. The number of amidine groups is 1. The first kappa shape index (κ1) is 30.4. The van der Waals surface area contributed by atoms with Crippen LogP contribution in [0.2, 0.25) is 0 Å². The van der Waals surface area contributed by atoms with E-state index in [0.717, 1.165) is 0 Å². The fraction of sp³-hybridized carbons (Fsp3) is 0.560. The lowest BCUT2D eigenvalue weighted by Gasteiger charge is -2.19. The van der Waals surface area contributed by atoms with Gasteiger partial charge >= 0.3 is 18.1 Å². The monoisotopic (exact) mass is 533 g/mol. The van der Waals surface area contributed by atoms with Crippen molar-refractivity contribution in [3.63, 3.8) is 0 Å². The summed E-state index contributed by atoms with van der Waals surface area (Å²) in [6.07, 6.45) is -0.128. The Labute approximate surface area is 223 Å². The van der Waals surface area contributed by atoms with Gasteiger partial charge in [0, 0.05) is 44.5 Å². The number of likely N-dealkylation sites (N-methyl/N-ethyl adjacent to an activating group) is 2. The van der Waals surface area contributed by atoms with Crippen LogP contribution in [0.3, 0.4) is 0 Å². The molecule has 0 aromatic heterocycles. The van der Waals surface area contributed by atoms with E-state index in [0.29, 0.717) is 43.9 Å². The van der Waals surface area contributed by atoms with E-state index in [1.807, 2.05) is 32.8 Å². The molecule has 13 nitrogen and oxygen atoms in total. The van der Waals surface area contributed by atoms with E-state index < -0.39 is 18.2 Å². The van der Waals surface area contributed by atoms with Gasteiger partial charge in [0.1, 0.15) is 6.04 Å². The summed E-state index contributed by atoms with van der Waals surface area (Å²) in [7, 11) is 5.41. The van der Waals surface area contributed by atoms with E-state index in [1.54, 1.807) is 36.2 Å². The maximum Gasteiger partial charge on any atom is 0.433 e. The first-order valence-electron chi connectivity index (χ1n) is 12.5. The van der Waals surface area contributed by atoms with Gasteiger partial charge in [-0.1, -0.05) is 13.8 Å². The normalized spacial score (nSPS) is 14.9. The fourth-order valence-corrected chi connectivity index (χ4v) is 3.37. The van der Waals surface area contributed by atoms with E-state index in [1.165, 1.54) is 4.90 Å². The van der Waals surface area contributed by atoms with Crippen LogP contribution < -0.4 is 21.0 Å². The van der Waals surface area contributed by atoms with Crippen LogP contribution in [-0.2, 0) is 19.2 Å². The van der Waals surface area contributed by atoms with E-state index >= 15 is 0 Å². The summed E-state index contributed by atoms with van der Waals surface area (Å²) in [6, 6.07) is 5.41. The molecule has 1 atom stereocenters. The molecular weight excluding hydrogens is 494 g/mol. The highest BCUT2D eigenvalue weighted by Crippen LogP contribution is 2.22. The summed E-state index contributed by atoms with van der Waals surface area (Å²) in [6.45, 7) is 5.88. The molecular formula is C25H39N7O6. The van der Waals surface area contributed by atoms with Gasteiger partial charge in [0.05, 0.1) is 13.0 Å². The summed E-state index contributed by atoms with van der Waals surface area (Å²) in [5.74, 6) is -0.518. The minimum absolute atomic E-state index is 0.0491. The average molecular weight is 534 g/mol. The van der Waals surface area contributed by atoms with Crippen molar-refractivity contribution in [2.45, 2.75) is 32.7 Å². The Bertz CT molecular complexity index is 983. The largest absolute Gasteiger partial charge is 0.465 e. The van der Waals surface area contributed by atoms with Crippen molar-refractivity contribution in [3.05, 3.63) is 29.8 Å². The Kier molecular flexibility index (Phi) is 11.8. The molecule has 1 aliphatic heterocycles. The first-order chi connectivity index (χ1) is 18.0. The lowest BCUT2D eigenvalue weighted by Crippen LogP contribution is -2.46. The number of urea groups is 1. The zero-order valence-corrected chi connectivity index (χ0v) is 22.7. The Hall–Kier alpha value is -3.87. The number of anilines is 1. The summed E-state index contributed by atoms with van der Waals surface area (Å²) < 4.78 is 5.06. The minimum Gasteiger partial charge on any atom is -0.465 e. The predicted octanol–water partition coefficient (Wildman–Crippen LogP) is 1.14. The lowest BCUT2D eigenvalue weighted by molar-refractivity contribution is -0.144. The number of carbonyl (C=O) groups is 4. The highest BCUT2D eigenvalue weighted by molar-refractivity contribution is 6.02. The van der Waals surface area contributed by atoms with E-state index in [9.17, 15) is 19.2 Å². The van der Waals surface area contributed by atoms with Gasteiger partial charge in [-0.2, -0.15) is 5.48 Å². The van der Waals surface area contributed by atoms with Crippen LogP contribution >= 0.6 is 0 Å². The third-order valence-electron chi connectivity index (χ3n) is 5.61. The molecule has 1 aliphatic rings. The zero-order chi connectivity index (χ0) is 28.2. The second-order valence-electron chi connectivity index (χ2n) is 9.67. The maximum atomic E-state index is 12.8. The molecule has 1 heterocycles. The number of benzene rings is 1. The van der Waals surface area contributed by atoms with Crippen molar-refractivity contribution in [1.29, 1.82) is 5.41 Å². The van der Waals surface area contributed by atoms with Gasteiger partial charge in [-0.25, -0.2) is 9.59 Å². The van der Waals surface area contributed by atoms with Crippen LogP contribution in [0.15, 0.2) is 24.3 Å². The van der Waals surface area contributed by atoms with Gasteiger partial charge in [-0.3, -0.25) is 15.0 Å². The highest BCUT2D eigenvalue weighted by atomic mass is 16.7. The summed E-state index contributed by atoms with van der Waals surface area (Å²) in [5, 5.41) is 13.3. The fourth-order valence-electron chi connectivity index (χ4n) is 3.37. The molecule has 13 heteroatoms. The molecule has 1 saturated heterocycles. The van der Waals surface area contributed by atoms with Crippen LogP contribution in [0.1, 0.15) is 32.3 Å². The standard InChI is InChI=1S/C25H39N7O6/c1-17(2)16-37-21(33)10-12-27-24(35)28-20-11-13-32(23(20)34)19-8-6-18(7-9-19)22(26)29-38-25(36)31(5)15-14-30(3)4/h6-9,17,20H,10-16H2,1-5H3,(H2,26,29)(H2,27,28,35)/t20-/m0/s1. The van der Waals surface area contributed by atoms with Crippen molar-refractivity contribution in [2.75, 3.05) is 58.8 Å². The number of rotatable bonds is 11. The van der Waals surface area contributed by atoms with Crippen molar-refractivity contribution in [1.82, 2.24) is 25.9 Å². The molecule has 0 radical (unpaired) electrons. The van der Waals surface area contributed by atoms with Crippen molar-refractivity contribution in [2.24, 2.45) is 5.92 Å². The molecule has 0 unspecified atom stereocenters. The van der Waals surface area contributed by atoms with E-state index in [4.69, 9.17) is 15.0 Å². The average Bonchev–Trinajstić information content (AvgIpc) is 3.23. The third kappa shape index (κ3) is 9.88. The Morgan fingerprint density at radius 2 is 1.82 bits per heavy atom. The zero-order valence-electron chi connectivity index (χ0n) is 22.7. The molecule has 2 rings (SSSR count). The smallest absolute Gasteiger partial charge is 0.433 e. The summed E-state index contributed by atoms with van der Waals surface area (Å²) in [5.41, 5.74) is 3.42. The number of nitrogens with zero attached hydrogens (tertiary/aromatic N) is 3. The maximum absolute atomic E-state index is 12.8. The van der Waals surface area contributed by atoms with E-state index in [2.05, 4.69) is 16.1 Å². The van der Waals surface area contributed by atoms with Crippen LogP contribution in [0.4, 0.5) is 15.3 Å². The van der Waals surface area contributed by atoms with Gasteiger partial charge in [0.15, 0.2) is 5.84 Å². The van der Waals surface area contributed by atoms with Gasteiger partial charge in [-0.15, -0.1) is 0 Å². The Morgan fingerprint density at radius 1 is 1.13 bits per heavy atom. The molecule has 1 aromatic carbocycles. The van der Waals surface area contributed by atoms with Gasteiger partial charge < -0.3 is 34.9 Å². The van der Waals surface area contributed by atoms with Crippen LogP contribution in [0, 0.1) is 11.3 Å². The minimum atomic E-state index is -0.688. The third-order valence-corrected chi connectivity index (χ3v) is 5.61. The number of carbonyl (C=O) groups excluding carboxylic acids is 4. The van der Waals surface area contributed by atoms with Crippen molar-refractivity contribution < 1.29 is 28.8 Å². The van der Waals surface area contributed by atoms with Crippen molar-refractivity contribution in [3.8, 4) is 0 Å². The lowest BCUT2D eigenvalue weighted by atomic mass is 10.2. The van der Waals surface area contributed by atoms with Gasteiger partial charge in [-0.05, 0) is 50.7 Å². The molecule has 1 fully saturated rings. The molecule has 210 valence electrons. The number of esters is 1. The Morgan fingerprint density at radius 3 is 2.45 bits per heavy atom. The molecule has 0 saturated carbocycles. The number of ether oxygens (including phenoxy) is 1. The molecule has 38 heavy (non-hydrogen) atoms. The van der Waals surface area contributed by atoms with Gasteiger partial charge in [0.2, 0.25) is 5.91 Å². The molecule has 0 spiro atoms. The summed E-state index contributed by atoms with van der Waals surface area (Å²) >= 11 is 0. The molecule has 4 amide bonds. The second-order valence-corrected chi connectivity index (χ2v) is 9.67. The number of amides is 4. The van der Waals surface area contributed by atoms with Crippen LogP contribution in [0.5, 0.6) is 0 Å². The highest BCUT2D eigenvalue weighted by Gasteiger charge is 2.33. The van der Waals surface area contributed by atoms with Crippen LogP contribution in [-0.4, -0.2) is 99.6 Å². The number of hydroxylamine groups is 1. The Balaban J connectivity index is 1.78. The van der Waals surface area contributed by atoms with Gasteiger partial charge in [0.25, 0.3) is 0 Å². The molecule has 1 aromatic rings. The number of hydrogen-bond donors (Lipinski definition) is 4. The molecule has 4 N–H and O–H groups in total. The number of hydrogen-bond acceptors (Lipinski definition) is 8. The van der Waals surface area contributed by atoms with Crippen molar-refractivity contribution >= 4 is 35.5 Å². The summed E-state index contributed by atoms with van der Waals surface area (Å²) in [4.78, 5) is 58.5. The molecule has 0 bridgehead atoms. The van der Waals surface area contributed by atoms with Crippen LogP contribution in [0.25, 0.3) is 0 Å². The first-order valence-corrected chi connectivity index (χ1v) is 12.5. The van der Waals surface area contributed by atoms with E-state index in [-0.39, 0.29) is 36.6 Å². The topological polar surface area (TPSA) is 156 Å². The second kappa shape index (κ2) is 14.8. The predicted molar refractivity (Wildman–Crippen MR) is 142 cm³/mol. The number of nitrogens with one attached hydrogen (secondary N) is 4. The SMILES string of the molecule is CC(C)COC(=O)CCNC(=O)N[C@H]1CCN(c2ccc(C(=N)NOC(=O)N(C)CCN(C)C)cc2)C1=O.